The quantitative estimate of drug-likeness (QED) is 0.288. The third-order valence-corrected chi connectivity index (χ3v) is 7.76. The molecule has 1 fully saturated rings. The maximum absolute atomic E-state index is 15.2. The SMILES string of the molecule is Cc1c(N(C)C2CCN(Cc3ccccc3F)CC2)cnc(S(=O)(=O)Nc2cccc(F)n2)c1F.O=C(O)C(F)(F)F. The highest BCUT2D eigenvalue weighted by atomic mass is 32.2. The van der Waals surface area contributed by atoms with Crippen molar-refractivity contribution in [2.24, 2.45) is 0 Å². The molecule has 42 heavy (non-hydrogen) atoms. The van der Waals surface area contributed by atoms with E-state index in [0.717, 1.165) is 32.0 Å². The van der Waals surface area contributed by atoms with Crippen LogP contribution >= 0.6 is 0 Å². The molecule has 2 N–H and O–H groups in total. The van der Waals surface area contributed by atoms with Gasteiger partial charge in [-0.15, -0.1) is 0 Å². The molecule has 0 unspecified atom stereocenters. The van der Waals surface area contributed by atoms with Gasteiger partial charge in [-0.3, -0.25) is 9.62 Å². The Hall–Kier alpha value is -3.92. The Balaban J connectivity index is 0.000000616. The number of anilines is 2. The average Bonchev–Trinajstić information content (AvgIpc) is 2.91. The van der Waals surface area contributed by atoms with Gasteiger partial charge in [0.1, 0.15) is 11.6 Å². The molecular formula is C26H27F6N5O4S. The van der Waals surface area contributed by atoms with Crippen LogP contribution in [0.3, 0.4) is 0 Å². The van der Waals surface area contributed by atoms with Gasteiger partial charge in [0.15, 0.2) is 5.82 Å². The van der Waals surface area contributed by atoms with Crippen molar-refractivity contribution in [3.8, 4) is 0 Å². The van der Waals surface area contributed by atoms with Crippen molar-refractivity contribution in [3.05, 3.63) is 77.4 Å². The molecule has 3 heterocycles. The molecule has 0 saturated carbocycles. The predicted octanol–water partition coefficient (Wildman–Crippen LogP) is 4.74. The second-order valence-corrected chi connectivity index (χ2v) is 10.9. The van der Waals surface area contributed by atoms with Gasteiger partial charge in [0.05, 0.1) is 11.9 Å². The van der Waals surface area contributed by atoms with Crippen LogP contribution in [0.25, 0.3) is 0 Å². The molecular weight excluding hydrogens is 592 g/mol. The van der Waals surface area contributed by atoms with Crippen molar-refractivity contribution in [1.82, 2.24) is 14.9 Å². The smallest absolute Gasteiger partial charge is 0.475 e. The second kappa shape index (κ2) is 13.4. The molecule has 1 aromatic carbocycles. The lowest BCUT2D eigenvalue weighted by Gasteiger charge is -2.38. The normalized spacial score (nSPS) is 14.6. The largest absolute Gasteiger partial charge is 0.490 e. The number of carbonyl (C=O) groups is 1. The van der Waals surface area contributed by atoms with Gasteiger partial charge in [-0.25, -0.2) is 23.5 Å². The number of likely N-dealkylation sites (tertiary alicyclic amines) is 1. The van der Waals surface area contributed by atoms with Crippen LogP contribution in [0.5, 0.6) is 0 Å². The summed E-state index contributed by atoms with van der Waals surface area (Å²) in [5.74, 6) is -5.09. The summed E-state index contributed by atoms with van der Waals surface area (Å²) in [4.78, 5) is 20.3. The number of hydrogen-bond donors (Lipinski definition) is 2. The Bertz CT molecular complexity index is 1520. The van der Waals surface area contributed by atoms with Gasteiger partial charge in [-0.2, -0.15) is 26.0 Å². The summed E-state index contributed by atoms with van der Waals surface area (Å²) in [6.07, 6.45) is -2.20. The van der Waals surface area contributed by atoms with Crippen LogP contribution in [0, 0.1) is 24.5 Å². The zero-order valence-electron chi connectivity index (χ0n) is 22.4. The van der Waals surface area contributed by atoms with Gasteiger partial charge in [-0.05, 0) is 38.0 Å². The molecule has 1 aliphatic heterocycles. The average molecular weight is 620 g/mol. The van der Waals surface area contributed by atoms with Gasteiger partial charge < -0.3 is 10.0 Å². The molecule has 4 rings (SSSR count). The molecule has 1 saturated heterocycles. The number of carboxylic acid groups (broad SMARTS) is 1. The summed E-state index contributed by atoms with van der Waals surface area (Å²) < 4.78 is 102. The fourth-order valence-corrected chi connectivity index (χ4v) is 5.34. The highest BCUT2D eigenvalue weighted by molar-refractivity contribution is 7.92. The van der Waals surface area contributed by atoms with E-state index in [1.807, 2.05) is 18.0 Å². The number of rotatable bonds is 7. The molecule has 9 nitrogen and oxygen atoms in total. The van der Waals surface area contributed by atoms with E-state index in [4.69, 9.17) is 9.90 Å². The number of sulfonamides is 1. The van der Waals surface area contributed by atoms with Gasteiger partial charge in [-0.1, -0.05) is 24.3 Å². The number of aromatic nitrogens is 2. The zero-order chi connectivity index (χ0) is 31.2. The first-order chi connectivity index (χ1) is 19.6. The summed E-state index contributed by atoms with van der Waals surface area (Å²) >= 11 is 0. The standard InChI is InChI=1S/C24H26F3N5O2S.C2HF3O2/c1-16-20(14-28-24(23(16)27)35(33,34)30-22-9-5-8-21(26)29-22)31(2)18-10-12-32(13-11-18)15-17-6-3-4-7-19(17)25;3-2(4,5)1(6)7/h3-9,14,18H,10-13,15H2,1-2H3,(H,29,30);(H,6,7). The number of nitrogens with zero attached hydrogens (tertiary/aromatic N) is 4. The Morgan fingerprint density at radius 1 is 1.10 bits per heavy atom. The third kappa shape index (κ3) is 8.31. The summed E-state index contributed by atoms with van der Waals surface area (Å²) in [5, 5.41) is 6.35. The van der Waals surface area contributed by atoms with Crippen LogP contribution in [0.1, 0.15) is 24.0 Å². The van der Waals surface area contributed by atoms with Gasteiger partial charge in [0.2, 0.25) is 11.0 Å². The Morgan fingerprint density at radius 3 is 2.29 bits per heavy atom. The highest BCUT2D eigenvalue weighted by Crippen LogP contribution is 2.29. The minimum Gasteiger partial charge on any atom is -0.475 e. The van der Waals surface area contributed by atoms with E-state index >= 15 is 4.39 Å². The van der Waals surface area contributed by atoms with Crippen LogP contribution in [-0.4, -0.2) is 66.7 Å². The van der Waals surface area contributed by atoms with Crippen LogP contribution in [0.2, 0.25) is 0 Å². The minimum absolute atomic E-state index is 0.0869. The Kier molecular flexibility index (Phi) is 10.4. The van der Waals surface area contributed by atoms with Crippen LogP contribution < -0.4 is 9.62 Å². The van der Waals surface area contributed by atoms with E-state index in [-0.39, 0.29) is 23.2 Å². The van der Waals surface area contributed by atoms with Crippen molar-refractivity contribution in [3.63, 3.8) is 0 Å². The molecule has 3 aromatic rings. The summed E-state index contributed by atoms with van der Waals surface area (Å²) in [6, 6.07) is 10.4. The first kappa shape index (κ1) is 32.6. The highest BCUT2D eigenvalue weighted by Gasteiger charge is 2.38. The number of hydrogen-bond acceptors (Lipinski definition) is 7. The molecule has 16 heteroatoms. The number of aliphatic carboxylic acids is 1. The van der Waals surface area contributed by atoms with Crippen molar-refractivity contribution >= 4 is 27.5 Å². The molecule has 0 bridgehead atoms. The zero-order valence-corrected chi connectivity index (χ0v) is 23.2. The molecule has 0 spiro atoms. The molecule has 0 radical (unpaired) electrons. The minimum atomic E-state index is -5.08. The molecule has 1 aliphatic rings. The lowest BCUT2D eigenvalue weighted by molar-refractivity contribution is -0.192. The number of benzene rings is 1. The lowest BCUT2D eigenvalue weighted by atomic mass is 10.0. The third-order valence-electron chi connectivity index (χ3n) is 6.49. The first-order valence-corrected chi connectivity index (χ1v) is 13.9. The monoisotopic (exact) mass is 619 g/mol. The van der Waals surface area contributed by atoms with Crippen LogP contribution in [-0.2, 0) is 21.4 Å². The predicted molar refractivity (Wildman–Crippen MR) is 141 cm³/mol. The number of carboxylic acids is 1. The molecule has 0 atom stereocenters. The fraction of sp³-hybridized carbons (Fsp3) is 0.346. The van der Waals surface area contributed by atoms with E-state index < -0.39 is 39.0 Å². The van der Waals surface area contributed by atoms with E-state index in [1.165, 1.54) is 31.3 Å². The number of piperidine rings is 1. The van der Waals surface area contributed by atoms with Crippen LogP contribution in [0.15, 0.2) is 53.7 Å². The number of pyridine rings is 2. The summed E-state index contributed by atoms with van der Waals surface area (Å²) in [6.45, 7) is 3.51. The maximum Gasteiger partial charge on any atom is 0.490 e. The van der Waals surface area contributed by atoms with Gasteiger partial charge >= 0.3 is 12.1 Å². The van der Waals surface area contributed by atoms with Crippen LogP contribution in [0.4, 0.5) is 37.8 Å². The molecule has 2 aromatic heterocycles. The number of alkyl halides is 3. The van der Waals surface area contributed by atoms with Gasteiger partial charge in [0, 0.05) is 43.9 Å². The number of halogens is 6. The Morgan fingerprint density at radius 2 is 1.71 bits per heavy atom. The van der Waals surface area contributed by atoms with Crippen molar-refractivity contribution < 1.29 is 44.7 Å². The maximum atomic E-state index is 15.2. The lowest BCUT2D eigenvalue weighted by Crippen LogP contribution is -2.43. The van der Waals surface area contributed by atoms with E-state index in [2.05, 4.69) is 19.6 Å². The molecule has 0 amide bonds. The first-order valence-electron chi connectivity index (χ1n) is 12.4. The summed E-state index contributed by atoms with van der Waals surface area (Å²) in [7, 11) is -2.59. The molecule has 228 valence electrons. The summed E-state index contributed by atoms with van der Waals surface area (Å²) in [5.41, 5.74) is 1.28. The van der Waals surface area contributed by atoms with E-state index in [0.29, 0.717) is 17.8 Å². The number of nitrogens with one attached hydrogen (secondary N) is 1. The van der Waals surface area contributed by atoms with Crippen molar-refractivity contribution in [1.29, 1.82) is 0 Å². The Labute approximate surface area is 237 Å². The molecule has 0 aliphatic carbocycles. The fourth-order valence-electron chi connectivity index (χ4n) is 4.27. The second-order valence-electron chi connectivity index (χ2n) is 9.35. The van der Waals surface area contributed by atoms with E-state index in [1.54, 1.807) is 12.1 Å². The van der Waals surface area contributed by atoms with E-state index in [9.17, 15) is 30.4 Å². The topological polar surface area (TPSA) is 116 Å². The van der Waals surface area contributed by atoms with Crippen molar-refractivity contribution in [2.45, 2.75) is 43.6 Å². The van der Waals surface area contributed by atoms with Crippen molar-refractivity contribution in [2.75, 3.05) is 29.8 Å². The van der Waals surface area contributed by atoms with Gasteiger partial charge in [0.25, 0.3) is 10.0 Å².